The highest BCUT2D eigenvalue weighted by atomic mass is 32.1. The Labute approximate surface area is 125 Å². The second kappa shape index (κ2) is 4.60. The van der Waals surface area contributed by atoms with E-state index in [2.05, 4.69) is 15.3 Å². The van der Waals surface area contributed by atoms with Gasteiger partial charge in [0, 0.05) is 34.1 Å². The van der Waals surface area contributed by atoms with E-state index in [1.54, 1.807) is 12.3 Å². The third-order valence-corrected chi connectivity index (χ3v) is 4.46. The number of amides is 1. The van der Waals surface area contributed by atoms with Crippen LogP contribution in [0.1, 0.15) is 34.8 Å². The Kier molecular flexibility index (Phi) is 2.71. The molecular formula is C15H14N4OS. The average Bonchev–Trinajstić information content (AvgIpc) is 3.07. The summed E-state index contributed by atoms with van der Waals surface area (Å²) in [6, 6.07) is 5.48. The van der Waals surface area contributed by atoms with Crippen LogP contribution in [0.4, 0.5) is 10.8 Å². The van der Waals surface area contributed by atoms with Gasteiger partial charge in [-0.1, -0.05) is 0 Å². The summed E-state index contributed by atoms with van der Waals surface area (Å²) in [4.78, 5) is 19.9. The molecule has 1 fully saturated rings. The third kappa shape index (κ3) is 2.27. The minimum absolute atomic E-state index is 0.163. The fourth-order valence-corrected chi connectivity index (χ4v) is 3.19. The Morgan fingerprint density at radius 3 is 3.10 bits per heavy atom. The van der Waals surface area contributed by atoms with Crippen molar-refractivity contribution >= 4 is 39.0 Å². The molecule has 1 amide bonds. The largest absolute Gasteiger partial charge is 0.399 e. The number of rotatable bonds is 3. The van der Waals surface area contributed by atoms with Crippen molar-refractivity contribution in [3.8, 4) is 0 Å². The van der Waals surface area contributed by atoms with Crippen molar-refractivity contribution in [1.29, 1.82) is 0 Å². The first-order chi connectivity index (χ1) is 10.2. The van der Waals surface area contributed by atoms with Crippen LogP contribution in [-0.2, 0) is 0 Å². The Bertz CT molecular complexity index is 831. The van der Waals surface area contributed by atoms with Crippen LogP contribution in [0.15, 0.2) is 29.8 Å². The van der Waals surface area contributed by atoms with E-state index in [1.807, 2.05) is 17.5 Å². The van der Waals surface area contributed by atoms with E-state index in [0.29, 0.717) is 22.3 Å². The molecule has 0 bridgehead atoms. The highest BCUT2D eigenvalue weighted by Gasteiger charge is 2.26. The molecule has 0 saturated heterocycles. The van der Waals surface area contributed by atoms with Crippen molar-refractivity contribution < 1.29 is 4.79 Å². The lowest BCUT2D eigenvalue weighted by molar-refractivity contribution is 0.102. The van der Waals surface area contributed by atoms with Gasteiger partial charge in [0.2, 0.25) is 0 Å². The molecule has 0 atom stereocenters. The number of nitrogens with one attached hydrogen (secondary N) is 2. The van der Waals surface area contributed by atoms with Crippen LogP contribution >= 0.6 is 11.3 Å². The summed E-state index contributed by atoms with van der Waals surface area (Å²) in [7, 11) is 0. The number of hydrogen-bond acceptors (Lipinski definition) is 4. The van der Waals surface area contributed by atoms with Crippen LogP contribution in [0.25, 0.3) is 10.9 Å². The Hall–Kier alpha value is -2.34. The number of anilines is 2. The normalized spacial score (nSPS) is 14.5. The summed E-state index contributed by atoms with van der Waals surface area (Å²) < 4.78 is 0. The maximum Gasteiger partial charge on any atom is 0.259 e. The zero-order chi connectivity index (χ0) is 14.4. The van der Waals surface area contributed by atoms with Crippen LogP contribution in [-0.4, -0.2) is 15.9 Å². The molecule has 1 aromatic carbocycles. The minimum atomic E-state index is -0.163. The number of carbonyl (C=O) groups is 1. The molecule has 1 aliphatic carbocycles. The fourth-order valence-electron chi connectivity index (χ4n) is 2.40. The van der Waals surface area contributed by atoms with Crippen LogP contribution in [0, 0.1) is 0 Å². The maximum atomic E-state index is 12.4. The number of nitrogens with zero attached hydrogens (tertiary/aromatic N) is 1. The highest BCUT2D eigenvalue weighted by molar-refractivity contribution is 7.14. The van der Waals surface area contributed by atoms with Crippen molar-refractivity contribution in [2.24, 2.45) is 0 Å². The van der Waals surface area contributed by atoms with E-state index in [-0.39, 0.29) is 5.91 Å². The lowest BCUT2D eigenvalue weighted by atomic mass is 10.1. The van der Waals surface area contributed by atoms with E-state index < -0.39 is 0 Å². The summed E-state index contributed by atoms with van der Waals surface area (Å²) in [6.45, 7) is 0. The quantitative estimate of drug-likeness (QED) is 0.648. The second-order valence-corrected chi connectivity index (χ2v) is 6.17. The molecule has 5 nitrogen and oxygen atoms in total. The number of nitrogen functional groups attached to an aromatic ring is 1. The molecule has 0 aliphatic heterocycles. The van der Waals surface area contributed by atoms with Gasteiger partial charge in [0.1, 0.15) is 0 Å². The number of aromatic nitrogens is 2. The van der Waals surface area contributed by atoms with Gasteiger partial charge in [-0.15, -0.1) is 11.3 Å². The van der Waals surface area contributed by atoms with E-state index in [4.69, 9.17) is 5.73 Å². The third-order valence-electron chi connectivity index (χ3n) is 3.69. The summed E-state index contributed by atoms with van der Waals surface area (Å²) in [5.74, 6) is 0.434. The lowest BCUT2D eigenvalue weighted by Crippen LogP contribution is -2.11. The van der Waals surface area contributed by atoms with Crippen LogP contribution < -0.4 is 11.1 Å². The molecule has 0 radical (unpaired) electrons. The number of hydrogen-bond donors (Lipinski definition) is 3. The molecule has 1 saturated carbocycles. The maximum absolute atomic E-state index is 12.4. The number of carbonyl (C=O) groups excluding carboxylic acids is 1. The van der Waals surface area contributed by atoms with Gasteiger partial charge >= 0.3 is 0 Å². The first-order valence-electron chi connectivity index (χ1n) is 6.84. The van der Waals surface area contributed by atoms with E-state index in [9.17, 15) is 4.79 Å². The van der Waals surface area contributed by atoms with Crippen molar-refractivity contribution in [2.45, 2.75) is 18.8 Å². The fraction of sp³-hybridized carbons (Fsp3) is 0.200. The van der Waals surface area contributed by atoms with E-state index >= 15 is 0 Å². The predicted molar refractivity (Wildman–Crippen MR) is 84.8 cm³/mol. The van der Waals surface area contributed by atoms with Gasteiger partial charge in [0.15, 0.2) is 5.13 Å². The number of benzene rings is 1. The van der Waals surface area contributed by atoms with Crippen molar-refractivity contribution in [1.82, 2.24) is 9.97 Å². The molecular weight excluding hydrogens is 284 g/mol. The Morgan fingerprint density at radius 2 is 2.29 bits per heavy atom. The molecule has 21 heavy (non-hydrogen) atoms. The first-order valence-corrected chi connectivity index (χ1v) is 7.72. The highest BCUT2D eigenvalue weighted by Crippen LogP contribution is 2.40. The summed E-state index contributed by atoms with van der Waals surface area (Å²) in [5, 5.41) is 6.37. The molecule has 2 heterocycles. The van der Waals surface area contributed by atoms with Gasteiger partial charge in [-0.3, -0.25) is 10.1 Å². The number of fused-ring (bicyclic) bond motifs is 1. The topological polar surface area (TPSA) is 83.8 Å². The Morgan fingerprint density at radius 1 is 1.43 bits per heavy atom. The molecule has 1 aliphatic rings. The SMILES string of the molecule is Nc1ccc2[nH]cc(C(=O)Nc3nc(C4CC4)cs3)c2c1. The van der Waals surface area contributed by atoms with Gasteiger partial charge in [0.05, 0.1) is 11.3 Å². The monoisotopic (exact) mass is 298 g/mol. The van der Waals surface area contributed by atoms with E-state index in [0.717, 1.165) is 16.6 Å². The van der Waals surface area contributed by atoms with Crippen LogP contribution in [0.2, 0.25) is 0 Å². The van der Waals surface area contributed by atoms with Crippen molar-refractivity contribution in [3.63, 3.8) is 0 Å². The Balaban J connectivity index is 1.61. The predicted octanol–water partition coefficient (Wildman–Crippen LogP) is 3.34. The number of aromatic amines is 1. The molecule has 3 aromatic rings. The van der Waals surface area contributed by atoms with E-state index in [1.165, 1.54) is 24.2 Å². The van der Waals surface area contributed by atoms with Gasteiger partial charge in [-0.25, -0.2) is 4.98 Å². The van der Waals surface area contributed by atoms with Crippen molar-refractivity contribution in [2.75, 3.05) is 11.1 Å². The minimum Gasteiger partial charge on any atom is -0.399 e. The second-order valence-electron chi connectivity index (χ2n) is 5.31. The molecule has 4 rings (SSSR count). The van der Waals surface area contributed by atoms with Gasteiger partial charge in [-0.05, 0) is 31.0 Å². The molecule has 2 aromatic heterocycles. The van der Waals surface area contributed by atoms with Crippen LogP contribution in [0.3, 0.4) is 0 Å². The van der Waals surface area contributed by atoms with Gasteiger partial charge in [-0.2, -0.15) is 0 Å². The summed E-state index contributed by atoms with van der Waals surface area (Å²) in [6.07, 6.45) is 4.12. The molecule has 0 spiro atoms. The number of nitrogens with two attached hydrogens (primary N) is 1. The first kappa shape index (κ1) is 12.4. The molecule has 106 valence electrons. The zero-order valence-electron chi connectivity index (χ0n) is 11.2. The molecule has 4 N–H and O–H groups in total. The molecule has 0 unspecified atom stereocenters. The summed E-state index contributed by atoms with van der Waals surface area (Å²) >= 11 is 1.47. The standard InChI is InChI=1S/C15H14N4OS/c16-9-3-4-12-10(5-9)11(6-17-12)14(20)19-15-18-13(7-21-15)8-1-2-8/h3-8,17H,1-2,16H2,(H,18,19,20). The lowest BCUT2D eigenvalue weighted by Gasteiger charge is -2.01. The number of H-pyrrole nitrogens is 1. The average molecular weight is 298 g/mol. The molecule has 6 heteroatoms. The van der Waals surface area contributed by atoms with Gasteiger partial charge < -0.3 is 10.7 Å². The van der Waals surface area contributed by atoms with Crippen LogP contribution in [0.5, 0.6) is 0 Å². The smallest absolute Gasteiger partial charge is 0.259 e. The summed E-state index contributed by atoms with van der Waals surface area (Å²) in [5.41, 5.74) is 9.01. The van der Waals surface area contributed by atoms with Crippen molar-refractivity contribution in [3.05, 3.63) is 41.0 Å². The number of thiazole rings is 1. The van der Waals surface area contributed by atoms with Gasteiger partial charge in [0.25, 0.3) is 5.91 Å². The zero-order valence-corrected chi connectivity index (χ0v) is 12.0.